The highest BCUT2D eigenvalue weighted by Crippen LogP contribution is 2.10. The summed E-state index contributed by atoms with van der Waals surface area (Å²) in [4.78, 5) is 18.4. The van der Waals surface area contributed by atoms with Crippen molar-refractivity contribution in [3.63, 3.8) is 0 Å². The van der Waals surface area contributed by atoms with Gasteiger partial charge in [-0.25, -0.2) is 13.4 Å². The van der Waals surface area contributed by atoms with Crippen molar-refractivity contribution in [2.45, 2.75) is 11.4 Å². The van der Waals surface area contributed by atoms with Crippen LogP contribution in [0.4, 0.5) is 0 Å². The van der Waals surface area contributed by atoms with Crippen molar-refractivity contribution < 1.29 is 13.2 Å². The van der Waals surface area contributed by atoms with Crippen molar-refractivity contribution >= 4 is 15.7 Å². The van der Waals surface area contributed by atoms with Crippen LogP contribution in [0.3, 0.4) is 0 Å². The van der Waals surface area contributed by atoms with Gasteiger partial charge in [0.25, 0.3) is 0 Å². The maximum Gasteiger partial charge on any atom is 0.245 e. The Balaban J connectivity index is 1.96. The Kier molecular flexibility index (Phi) is 4.31. The van der Waals surface area contributed by atoms with Gasteiger partial charge in [0, 0.05) is 23.9 Å². The molecule has 1 aromatic heterocycles. The van der Waals surface area contributed by atoms with Crippen LogP contribution < -0.4 is 5.32 Å². The number of sulfone groups is 1. The number of aromatic nitrogens is 2. The number of rotatable bonds is 5. The van der Waals surface area contributed by atoms with Crippen LogP contribution in [0.15, 0.2) is 59.1 Å². The maximum absolute atomic E-state index is 11.9. The topological polar surface area (TPSA) is 91.9 Å². The van der Waals surface area contributed by atoms with Gasteiger partial charge in [0.1, 0.15) is 5.82 Å². The van der Waals surface area contributed by atoms with E-state index in [1.807, 2.05) is 0 Å². The van der Waals surface area contributed by atoms with E-state index in [4.69, 9.17) is 0 Å². The lowest BCUT2D eigenvalue weighted by atomic mass is 10.4. The molecule has 7 heteroatoms. The van der Waals surface area contributed by atoms with E-state index in [1.54, 1.807) is 30.6 Å². The second-order valence-corrected chi connectivity index (χ2v) is 5.75. The van der Waals surface area contributed by atoms with Crippen LogP contribution in [0.1, 0.15) is 5.82 Å². The molecule has 0 aliphatic carbocycles. The Hall–Kier alpha value is -2.41. The average molecular weight is 291 g/mol. The average Bonchev–Trinajstić information content (AvgIpc) is 2.97. The molecule has 1 aromatic carbocycles. The quantitative estimate of drug-likeness (QED) is 0.804. The molecular weight excluding hydrogens is 278 g/mol. The molecule has 0 aliphatic heterocycles. The van der Waals surface area contributed by atoms with E-state index in [-0.39, 0.29) is 11.4 Å². The predicted octanol–water partition coefficient (Wildman–Crippen LogP) is 1.01. The molecular formula is C13H13N3O3S. The van der Waals surface area contributed by atoms with Gasteiger partial charge in [-0.05, 0) is 12.1 Å². The number of H-pyrrole nitrogens is 1. The second kappa shape index (κ2) is 6.16. The summed E-state index contributed by atoms with van der Waals surface area (Å²) in [5, 5.41) is 3.41. The third-order valence-electron chi connectivity index (χ3n) is 2.46. The molecule has 2 rings (SSSR count). The SMILES string of the molecule is O=C(C=CS(=O)(=O)c1ccccc1)NCc1ncc[nH]1. The molecule has 20 heavy (non-hydrogen) atoms. The summed E-state index contributed by atoms with van der Waals surface area (Å²) < 4.78 is 23.8. The van der Waals surface area contributed by atoms with Gasteiger partial charge in [-0.2, -0.15) is 0 Å². The molecule has 0 aliphatic rings. The number of carbonyl (C=O) groups is 1. The molecule has 0 fully saturated rings. The Labute approximate surface area is 116 Å². The smallest absolute Gasteiger partial charge is 0.245 e. The van der Waals surface area contributed by atoms with Crippen molar-refractivity contribution in [3.8, 4) is 0 Å². The molecule has 2 aromatic rings. The first-order chi connectivity index (χ1) is 9.58. The van der Waals surface area contributed by atoms with Gasteiger partial charge in [0.05, 0.1) is 11.4 Å². The largest absolute Gasteiger partial charge is 0.347 e. The summed E-state index contributed by atoms with van der Waals surface area (Å²) in [6.45, 7) is 0.210. The third-order valence-corrected chi connectivity index (χ3v) is 3.88. The Morgan fingerprint density at radius 2 is 2.05 bits per heavy atom. The number of nitrogens with one attached hydrogen (secondary N) is 2. The van der Waals surface area contributed by atoms with Gasteiger partial charge in [0.2, 0.25) is 5.91 Å². The number of carbonyl (C=O) groups excluding carboxylic acids is 1. The van der Waals surface area contributed by atoms with Gasteiger partial charge in [-0.15, -0.1) is 0 Å². The fourth-order valence-corrected chi connectivity index (χ4v) is 2.46. The monoisotopic (exact) mass is 291 g/mol. The summed E-state index contributed by atoms with van der Waals surface area (Å²) >= 11 is 0. The zero-order valence-corrected chi connectivity index (χ0v) is 11.3. The van der Waals surface area contributed by atoms with Crippen molar-refractivity contribution in [2.24, 2.45) is 0 Å². The predicted molar refractivity (Wildman–Crippen MR) is 73.2 cm³/mol. The number of hydrogen-bond acceptors (Lipinski definition) is 4. The first kappa shape index (κ1) is 14.0. The van der Waals surface area contributed by atoms with E-state index >= 15 is 0 Å². The van der Waals surface area contributed by atoms with Crippen LogP contribution in [-0.4, -0.2) is 24.3 Å². The van der Waals surface area contributed by atoms with Crippen LogP contribution in [0.5, 0.6) is 0 Å². The lowest BCUT2D eigenvalue weighted by molar-refractivity contribution is -0.116. The number of amides is 1. The summed E-state index contributed by atoms with van der Waals surface area (Å²) in [5.41, 5.74) is 0. The molecule has 2 N–H and O–H groups in total. The number of nitrogens with zero attached hydrogens (tertiary/aromatic N) is 1. The Bertz CT molecular complexity index is 692. The molecule has 0 bridgehead atoms. The zero-order chi connectivity index (χ0) is 14.4. The number of benzene rings is 1. The molecule has 6 nitrogen and oxygen atoms in total. The minimum absolute atomic E-state index is 0.148. The highest BCUT2D eigenvalue weighted by atomic mass is 32.2. The van der Waals surface area contributed by atoms with Gasteiger partial charge in [-0.3, -0.25) is 4.79 Å². The molecule has 1 amide bonds. The molecule has 104 valence electrons. The van der Waals surface area contributed by atoms with Gasteiger partial charge < -0.3 is 10.3 Å². The van der Waals surface area contributed by atoms with E-state index in [2.05, 4.69) is 15.3 Å². The zero-order valence-electron chi connectivity index (χ0n) is 10.5. The van der Waals surface area contributed by atoms with E-state index in [0.29, 0.717) is 5.82 Å². The van der Waals surface area contributed by atoms with E-state index in [1.165, 1.54) is 12.1 Å². The normalized spacial score (nSPS) is 11.6. The van der Waals surface area contributed by atoms with Crippen LogP contribution in [-0.2, 0) is 21.2 Å². The summed E-state index contributed by atoms with van der Waals surface area (Å²) in [6.07, 6.45) is 4.19. The van der Waals surface area contributed by atoms with Crippen LogP contribution in [0, 0.1) is 0 Å². The van der Waals surface area contributed by atoms with Crippen LogP contribution in [0.25, 0.3) is 0 Å². The Morgan fingerprint density at radius 3 is 2.70 bits per heavy atom. The summed E-state index contributed by atoms with van der Waals surface area (Å²) in [5.74, 6) is 0.0959. The van der Waals surface area contributed by atoms with Crippen molar-refractivity contribution in [1.29, 1.82) is 0 Å². The van der Waals surface area contributed by atoms with Gasteiger partial charge in [0.15, 0.2) is 9.84 Å². The van der Waals surface area contributed by atoms with Crippen LogP contribution >= 0.6 is 0 Å². The summed E-state index contributed by atoms with van der Waals surface area (Å²) in [6, 6.07) is 7.91. The van der Waals surface area contributed by atoms with Crippen LogP contribution in [0.2, 0.25) is 0 Å². The second-order valence-electron chi connectivity index (χ2n) is 3.91. The molecule has 1 heterocycles. The number of aromatic amines is 1. The van der Waals surface area contributed by atoms with Gasteiger partial charge >= 0.3 is 0 Å². The molecule has 0 saturated carbocycles. The Morgan fingerprint density at radius 1 is 1.30 bits per heavy atom. The first-order valence-electron chi connectivity index (χ1n) is 5.82. The third kappa shape index (κ3) is 3.79. The lowest BCUT2D eigenvalue weighted by Gasteiger charge is -2.00. The van der Waals surface area contributed by atoms with E-state index in [0.717, 1.165) is 11.5 Å². The minimum atomic E-state index is -3.59. The minimum Gasteiger partial charge on any atom is -0.347 e. The van der Waals surface area contributed by atoms with E-state index in [9.17, 15) is 13.2 Å². The highest BCUT2D eigenvalue weighted by molar-refractivity contribution is 7.94. The number of hydrogen-bond donors (Lipinski definition) is 2. The van der Waals surface area contributed by atoms with E-state index < -0.39 is 15.7 Å². The molecule has 0 radical (unpaired) electrons. The van der Waals surface area contributed by atoms with Crippen molar-refractivity contribution in [3.05, 3.63) is 60.0 Å². The lowest BCUT2D eigenvalue weighted by Crippen LogP contribution is -2.21. The van der Waals surface area contributed by atoms with Crippen molar-refractivity contribution in [2.75, 3.05) is 0 Å². The number of imidazole rings is 1. The fraction of sp³-hybridized carbons (Fsp3) is 0.0769. The van der Waals surface area contributed by atoms with Crippen molar-refractivity contribution in [1.82, 2.24) is 15.3 Å². The molecule has 0 unspecified atom stereocenters. The van der Waals surface area contributed by atoms with Gasteiger partial charge in [-0.1, -0.05) is 18.2 Å². The fourth-order valence-electron chi connectivity index (χ4n) is 1.46. The molecule has 0 saturated heterocycles. The maximum atomic E-state index is 11.9. The molecule has 0 atom stereocenters. The molecule has 0 spiro atoms. The standard InChI is InChI=1S/C13H13N3O3S/c17-13(16-10-12-14-7-8-15-12)6-9-20(18,19)11-4-2-1-3-5-11/h1-9H,10H2,(H,14,15)(H,16,17). The first-order valence-corrected chi connectivity index (χ1v) is 7.37. The highest BCUT2D eigenvalue weighted by Gasteiger charge is 2.09. The summed E-state index contributed by atoms with van der Waals surface area (Å²) in [7, 11) is -3.59.